The molecule has 6 nitrogen and oxygen atoms in total. The van der Waals surface area contributed by atoms with Crippen LogP contribution < -0.4 is 10.6 Å². The summed E-state index contributed by atoms with van der Waals surface area (Å²) in [4.78, 5) is 22.9. The van der Waals surface area contributed by atoms with Crippen molar-refractivity contribution < 1.29 is 4.79 Å². The van der Waals surface area contributed by atoms with E-state index in [0.717, 1.165) is 18.7 Å². The molecule has 1 aromatic heterocycles. The summed E-state index contributed by atoms with van der Waals surface area (Å²) in [6.45, 7) is 3.81. The Morgan fingerprint density at radius 3 is 2.58 bits per heavy atom. The summed E-state index contributed by atoms with van der Waals surface area (Å²) in [5, 5.41) is 6.73. The van der Waals surface area contributed by atoms with Gasteiger partial charge in [0.2, 0.25) is 0 Å². The van der Waals surface area contributed by atoms with Gasteiger partial charge in [-0.05, 0) is 38.7 Å². The van der Waals surface area contributed by atoms with Gasteiger partial charge in [0.05, 0.1) is 0 Å². The maximum absolute atomic E-state index is 12.3. The van der Waals surface area contributed by atoms with Crippen LogP contribution in [0.25, 0.3) is 0 Å². The zero-order valence-corrected chi connectivity index (χ0v) is 14.9. The second-order valence-electron chi connectivity index (χ2n) is 5.72. The number of halogens is 1. The van der Waals surface area contributed by atoms with E-state index in [-0.39, 0.29) is 5.91 Å². The van der Waals surface area contributed by atoms with Gasteiger partial charge in [-0.1, -0.05) is 23.7 Å². The molecule has 0 radical (unpaired) electrons. The number of anilines is 1. The number of hydrogen-bond donors (Lipinski definition) is 2. The van der Waals surface area contributed by atoms with Gasteiger partial charge in [0.15, 0.2) is 0 Å². The number of benzene rings is 1. The van der Waals surface area contributed by atoms with Crippen molar-refractivity contribution in [3.8, 4) is 0 Å². The molecule has 2 rings (SSSR count). The van der Waals surface area contributed by atoms with Crippen LogP contribution in [0.2, 0.25) is 5.02 Å². The van der Waals surface area contributed by atoms with E-state index < -0.39 is 0 Å². The summed E-state index contributed by atoms with van der Waals surface area (Å²) >= 11 is 5.85. The van der Waals surface area contributed by atoms with Crippen LogP contribution in [-0.2, 0) is 6.54 Å². The number of likely N-dealkylation sites (N-methyl/N-ethyl adjacent to an activating group) is 1. The maximum Gasteiger partial charge on any atom is 0.270 e. The van der Waals surface area contributed by atoms with Crippen LogP contribution in [0.4, 0.5) is 5.82 Å². The van der Waals surface area contributed by atoms with Crippen molar-refractivity contribution in [3.05, 3.63) is 52.4 Å². The standard InChI is InChI=1S/C17H22ClN5O/c1-12-21-15(10-16(22-12)19-8-9-23(2)3)17(24)20-11-13-4-6-14(18)7-5-13/h4-7,10H,8-9,11H2,1-3H3,(H,20,24)(H,19,21,22). The number of nitrogens with one attached hydrogen (secondary N) is 2. The first-order valence-corrected chi connectivity index (χ1v) is 8.09. The Balaban J connectivity index is 1.97. The minimum atomic E-state index is -0.230. The van der Waals surface area contributed by atoms with Crippen molar-refractivity contribution in [1.82, 2.24) is 20.2 Å². The number of aromatic nitrogens is 2. The maximum atomic E-state index is 12.3. The van der Waals surface area contributed by atoms with E-state index in [1.807, 2.05) is 26.2 Å². The molecule has 0 saturated carbocycles. The lowest BCUT2D eigenvalue weighted by molar-refractivity contribution is 0.0945. The predicted molar refractivity (Wildman–Crippen MR) is 96.4 cm³/mol. The fourth-order valence-corrected chi connectivity index (χ4v) is 2.18. The molecule has 0 bridgehead atoms. The summed E-state index contributed by atoms with van der Waals surface area (Å²) in [7, 11) is 4.01. The quantitative estimate of drug-likeness (QED) is 0.804. The normalized spacial score (nSPS) is 10.7. The summed E-state index contributed by atoms with van der Waals surface area (Å²) in [6.07, 6.45) is 0. The molecule has 7 heteroatoms. The number of nitrogens with zero attached hydrogens (tertiary/aromatic N) is 3. The summed E-state index contributed by atoms with van der Waals surface area (Å²) in [5.74, 6) is 0.980. The Morgan fingerprint density at radius 1 is 1.21 bits per heavy atom. The minimum Gasteiger partial charge on any atom is -0.369 e. The van der Waals surface area contributed by atoms with E-state index in [4.69, 9.17) is 11.6 Å². The third kappa shape index (κ3) is 5.79. The van der Waals surface area contributed by atoms with Crippen molar-refractivity contribution in [1.29, 1.82) is 0 Å². The lowest BCUT2D eigenvalue weighted by atomic mass is 10.2. The second-order valence-corrected chi connectivity index (χ2v) is 6.16. The number of aryl methyl sites for hydroxylation is 1. The smallest absolute Gasteiger partial charge is 0.270 e. The lowest BCUT2D eigenvalue weighted by Gasteiger charge is -2.12. The Kier molecular flexibility index (Phi) is 6.52. The van der Waals surface area contributed by atoms with Gasteiger partial charge in [0.25, 0.3) is 5.91 Å². The zero-order chi connectivity index (χ0) is 17.5. The zero-order valence-electron chi connectivity index (χ0n) is 14.1. The molecule has 0 atom stereocenters. The van der Waals surface area contributed by atoms with Crippen LogP contribution in [0.1, 0.15) is 21.9 Å². The third-order valence-electron chi connectivity index (χ3n) is 3.30. The molecule has 2 aromatic rings. The van der Waals surface area contributed by atoms with Crippen LogP contribution in [0.3, 0.4) is 0 Å². The summed E-state index contributed by atoms with van der Waals surface area (Å²) in [6, 6.07) is 9.01. The van der Waals surface area contributed by atoms with E-state index in [0.29, 0.717) is 28.9 Å². The fraction of sp³-hybridized carbons (Fsp3) is 0.353. The molecule has 0 saturated heterocycles. The Labute approximate surface area is 147 Å². The first-order chi connectivity index (χ1) is 11.4. The van der Waals surface area contributed by atoms with E-state index in [9.17, 15) is 4.79 Å². The van der Waals surface area contributed by atoms with Gasteiger partial charge < -0.3 is 15.5 Å². The second kappa shape index (κ2) is 8.61. The third-order valence-corrected chi connectivity index (χ3v) is 3.55. The van der Waals surface area contributed by atoms with E-state index >= 15 is 0 Å². The topological polar surface area (TPSA) is 70.2 Å². The highest BCUT2D eigenvalue weighted by Gasteiger charge is 2.10. The minimum absolute atomic E-state index is 0.230. The van der Waals surface area contributed by atoms with Crippen LogP contribution in [-0.4, -0.2) is 48.0 Å². The molecular weight excluding hydrogens is 326 g/mol. The largest absolute Gasteiger partial charge is 0.369 e. The van der Waals surface area contributed by atoms with Gasteiger partial charge in [-0.3, -0.25) is 4.79 Å². The van der Waals surface area contributed by atoms with Crippen LogP contribution in [0.15, 0.2) is 30.3 Å². The van der Waals surface area contributed by atoms with E-state index in [1.165, 1.54) is 0 Å². The molecule has 128 valence electrons. The average molecular weight is 348 g/mol. The molecule has 0 aliphatic heterocycles. The SMILES string of the molecule is Cc1nc(NCCN(C)C)cc(C(=O)NCc2ccc(Cl)cc2)n1. The molecule has 2 N–H and O–H groups in total. The molecule has 0 spiro atoms. The molecule has 0 fully saturated rings. The highest BCUT2D eigenvalue weighted by Crippen LogP contribution is 2.10. The van der Waals surface area contributed by atoms with Gasteiger partial charge in [-0.25, -0.2) is 9.97 Å². The monoisotopic (exact) mass is 347 g/mol. The molecule has 1 heterocycles. The Hall–Kier alpha value is -2.18. The average Bonchev–Trinajstić information content (AvgIpc) is 2.53. The van der Waals surface area contributed by atoms with Gasteiger partial charge in [-0.2, -0.15) is 0 Å². The highest BCUT2D eigenvalue weighted by molar-refractivity contribution is 6.30. The number of carbonyl (C=O) groups is 1. The number of hydrogen-bond acceptors (Lipinski definition) is 5. The van der Waals surface area contributed by atoms with Crippen LogP contribution in [0.5, 0.6) is 0 Å². The predicted octanol–water partition coefficient (Wildman–Crippen LogP) is 2.34. The van der Waals surface area contributed by atoms with Crippen molar-refractivity contribution >= 4 is 23.3 Å². The van der Waals surface area contributed by atoms with Crippen molar-refractivity contribution in [2.75, 3.05) is 32.5 Å². The van der Waals surface area contributed by atoms with Crippen molar-refractivity contribution in [2.24, 2.45) is 0 Å². The van der Waals surface area contributed by atoms with Gasteiger partial charge in [0.1, 0.15) is 17.3 Å². The molecular formula is C17H22ClN5O. The molecule has 1 aromatic carbocycles. The number of rotatable bonds is 7. The molecule has 0 unspecified atom stereocenters. The Bertz CT molecular complexity index is 688. The molecule has 24 heavy (non-hydrogen) atoms. The first kappa shape index (κ1) is 18.2. The first-order valence-electron chi connectivity index (χ1n) is 7.71. The Morgan fingerprint density at radius 2 is 1.92 bits per heavy atom. The molecule has 0 aliphatic rings. The van der Waals surface area contributed by atoms with Crippen LogP contribution >= 0.6 is 11.6 Å². The number of carbonyl (C=O) groups excluding carboxylic acids is 1. The lowest BCUT2D eigenvalue weighted by Crippen LogP contribution is -2.25. The van der Waals surface area contributed by atoms with Gasteiger partial charge in [-0.15, -0.1) is 0 Å². The van der Waals surface area contributed by atoms with Gasteiger partial charge >= 0.3 is 0 Å². The van der Waals surface area contributed by atoms with E-state index in [1.54, 1.807) is 25.1 Å². The molecule has 1 amide bonds. The van der Waals surface area contributed by atoms with Crippen molar-refractivity contribution in [2.45, 2.75) is 13.5 Å². The summed E-state index contributed by atoms with van der Waals surface area (Å²) in [5.41, 5.74) is 1.33. The number of amides is 1. The van der Waals surface area contributed by atoms with Gasteiger partial charge in [0, 0.05) is 30.7 Å². The molecule has 0 aliphatic carbocycles. The van der Waals surface area contributed by atoms with Crippen molar-refractivity contribution in [3.63, 3.8) is 0 Å². The highest BCUT2D eigenvalue weighted by atomic mass is 35.5. The van der Waals surface area contributed by atoms with E-state index in [2.05, 4.69) is 25.5 Å². The fourth-order valence-electron chi connectivity index (χ4n) is 2.06. The van der Waals surface area contributed by atoms with Crippen LogP contribution in [0, 0.1) is 6.92 Å². The summed E-state index contributed by atoms with van der Waals surface area (Å²) < 4.78 is 0.